The highest BCUT2D eigenvalue weighted by molar-refractivity contribution is 6.30. The zero-order valence-corrected chi connectivity index (χ0v) is 16.1. The Morgan fingerprint density at radius 2 is 1.88 bits per heavy atom. The molecule has 1 amide bonds. The quantitative estimate of drug-likeness (QED) is 0.855. The fourth-order valence-corrected chi connectivity index (χ4v) is 4.70. The van der Waals surface area contributed by atoms with Crippen LogP contribution in [0.3, 0.4) is 0 Å². The Labute approximate surface area is 161 Å². The summed E-state index contributed by atoms with van der Waals surface area (Å²) in [6, 6.07) is 9.07. The van der Waals surface area contributed by atoms with E-state index in [2.05, 4.69) is 26.1 Å². The van der Waals surface area contributed by atoms with Gasteiger partial charge >= 0.3 is 0 Å². The Balaban J connectivity index is 1.20. The Hall–Kier alpha value is -1.30. The van der Waals surface area contributed by atoms with Gasteiger partial charge in [0.05, 0.1) is 0 Å². The first kappa shape index (κ1) is 18.1. The average Bonchev–Trinajstić information content (AvgIpc) is 3.01. The van der Waals surface area contributed by atoms with Gasteiger partial charge in [0.25, 0.3) is 0 Å². The first-order valence-corrected chi connectivity index (χ1v) is 10.3. The Morgan fingerprint density at radius 3 is 2.69 bits per heavy atom. The summed E-state index contributed by atoms with van der Waals surface area (Å²) >= 11 is 6.11. The molecule has 3 aliphatic heterocycles. The lowest BCUT2D eigenvalue weighted by Gasteiger charge is -2.36. The van der Waals surface area contributed by atoms with Gasteiger partial charge in [-0.25, -0.2) is 0 Å². The second kappa shape index (κ2) is 8.15. The summed E-state index contributed by atoms with van der Waals surface area (Å²) in [6.07, 6.45) is 4.15. The molecule has 1 aromatic carbocycles. The second-order valence-electron chi connectivity index (χ2n) is 7.84. The summed E-state index contributed by atoms with van der Waals surface area (Å²) in [4.78, 5) is 19.4. The highest BCUT2D eigenvalue weighted by Gasteiger charge is 2.33. The van der Waals surface area contributed by atoms with E-state index in [1.807, 2.05) is 18.2 Å². The number of nitrogens with one attached hydrogen (secondary N) is 1. The third-order valence-corrected chi connectivity index (χ3v) is 6.23. The number of carbonyl (C=O) groups is 1. The molecule has 0 aliphatic carbocycles. The van der Waals surface area contributed by atoms with Crippen LogP contribution in [0, 0.1) is 0 Å². The van der Waals surface area contributed by atoms with E-state index in [1.54, 1.807) is 0 Å². The third kappa shape index (κ3) is 4.33. The molecule has 1 aromatic rings. The van der Waals surface area contributed by atoms with E-state index in [0.717, 1.165) is 57.3 Å². The minimum absolute atomic E-state index is 0.343. The van der Waals surface area contributed by atoms with E-state index in [9.17, 15) is 4.79 Å². The number of likely N-dealkylation sites (tertiary alicyclic amines) is 1. The van der Waals surface area contributed by atoms with Gasteiger partial charge in [0.2, 0.25) is 5.91 Å². The van der Waals surface area contributed by atoms with Gasteiger partial charge < -0.3 is 15.1 Å². The zero-order valence-electron chi connectivity index (χ0n) is 15.4. The SMILES string of the molecule is O=C1C[C@H]2CC[C@@H](CN1CCCN1CCN(c3cccc(Cl)c3)CC1)N2. The van der Waals surface area contributed by atoms with E-state index in [-0.39, 0.29) is 0 Å². The molecule has 142 valence electrons. The van der Waals surface area contributed by atoms with Crippen molar-refractivity contribution in [3.05, 3.63) is 29.3 Å². The number of piperazine rings is 1. The number of anilines is 1. The molecule has 0 radical (unpaired) electrons. The van der Waals surface area contributed by atoms with Crippen molar-refractivity contribution in [2.24, 2.45) is 0 Å². The molecule has 6 heteroatoms. The molecule has 2 bridgehead atoms. The maximum Gasteiger partial charge on any atom is 0.224 e. The summed E-state index contributed by atoms with van der Waals surface area (Å²) in [6.45, 7) is 7.11. The normalized spacial score (nSPS) is 27.0. The monoisotopic (exact) mass is 376 g/mol. The van der Waals surface area contributed by atoms with Crippen LogP contribution >= 0.6 is 11.6 Å². The number of hydrogen-bond donors (Lipinski definition) is 1. The molecule has 1 N–H and O–H groups in total. The predicted molar refractivity (Wildman–Crippen MR) is 106 cm³/mol. The molecule has 0 saturated carbocycles. The molecule has 2 atom stereocenters. The van der Waals surface area contributed by atoms with Gasteiger partial charge in [0.15, 0.2) is 0 Å². The topological polar surface area (TPSA) is 38.8 Å². The third-order valence-electron chi connectivity index (χ3n) is 6.00. The molecule has 0 spiro atoms. The van der Waals surface area contributed by atoms with Crippen LogP contribution in [0.25, 0.3) is 0 Å². The van der Waals surface area contributed by atoms with E-state index < -0.39 is 0 Å². The number of nitrogens with zero attached hydrogens (tertiary/aromatic N) is 3. The van der Waals surface area contributed by atoms with Crippen LogP contribution in [0.15, 0.2) is 24.3 Å². The molecule has 5 nitrogen and oxygen atoms in total. The number of halogens is 1. The van der Waals surface area contributed by atoms with Crippen LogP contribution in [0.2, 0.25) is 5.02 Å². The largest absolute Gasteiger partial charge is 0.369 e. The van der Waals surface area contributed by atoms with Gasteiger partial charge in [0.1, 0.15) is 0 Å². The molecule has 0 unspecified atom stereocenters. The van der Waals surface area contributed by atoms with Crippen molar-refractivity contribution in [1.29, 1.82) is 0 Å². The Kier molecular flexibility index (Phi) is 5.67. The van der Waals surface area contributed by atoms with Crippen molar-refractivity contribution in [2.45, 2.75) is 37.8 Å². The lowest BCUT2D eigenvalue weighted by Crippen LogP contribution is -2.47. The molecule has 3 fully saturated rings. The summed E-state index contributed by atoms with van der Waals surface area (Å²) in [5.41, 5.74) is 1.22. The van der Waals surface area contributed by atoms with Gasteiger partial charge in [-0.3, -0.25) is 9.69 Å². The molecular formula is C20H29ClN4O. The van der Waals surface area contributed by atoms with Crippen LogP contribution in [0.1, 0.15) is 25.7 Å². The van der Waals surface area contributed by atoms with E-state index >= 15 is 0 Å². The zero-order chi connectivity index (χ0) is 17.9. The molecule has 3 heterocycles. The van der Waals surface area contributed by atoms with Gasteiger partial charge in [-0.2, -0.15) is 0 Å². The Morgan fingerprint density at radius 1 is 1.08 bits per heavy atom. The highest BCUT2D eigenvalue weighted by atomic mass is 35.5. The lowest BCUT2D eigenvalue weighted by atomic mass is 10.1. The van der Waals surface area contributed by atoms with E-state index in [0.29, 0.717) is 24.4 Å². The first-order chi connectivity index (χ1) is 12.7. The van der Waals surface area contributed by atoms with Gasteiger partial charge in [-0.1, -0.05) is 17.7 Å². The van der Waals surface area contributed by atoms with Crippen molar-refractivity contribution in [1.82, 2.24) is 15.1 Å². The molecule has 0 aromatic heterocycles. The van der Waals surface area contributed by atoms with Gasteiger partial charge in [0, 0.05) is 68.5 Å². The molecule has 3 aliphatic rings. The molecule has 3 saturated heterocycles. The smallest absolute Gasteiger partial charge is 0.224 e. The van der Waals surface area contributed by atoms with Crippen LogP contribution in [0.4, 0.5) is 5.69 Å². The molecule has 26 heavy (non-hydrogen) atoms. The van der Waals surface area contributed by atoms with Crippen LogP contribution in [0.5, 0.6) is 0 Å². The number of amides is 1. The summed E-state index contributed by atoms with van der Waals surface area (Å²) in [5.74, 6) is 0.343. The van der Waals surface area contributed by atoms with Crippen LogP contribution < -0.4 is 10.2 Å². The second-order valence-corrected chi connectivity index (χ2v) is 8.28. The average molecular weight is 377 g/mol. The van der Waals surface area contributed by atoms with Gasteiger partial charge in [-0.15, -0.1) is 0 Å². The lowest BCUT2D eigenvalue weighted by molar-refractivity contribution is -0.131. The highest BCUT2D eigenvalue weighted by Crippen LogP contribution is 2.22. The maximum atomic E-state index is 12.4. The van der Waals surface area contributed by atoms with Crippen molar-refractivity contribution in [3.63, 3.8) is 0 Å². The summed E-state index contributed by atoms with van der Waals surface area (Å²) in [5, 5.41) is 4.39. The fourth-order valence-electron chi connectivity index (χ4n) is 4.52. The maximum absolute atomic E-state index is 12.4. The standard InChI is InChI=1S/C20H29ClN4O/c21-16-3-1-4-19(13-16)24-11-9-23(10-12-24)7-2-8-25-15-18-6-5-17(22-18)14-20(25)26/h1,3-4,13,17-18,22H,2,5-12,14-15H2/t17-,18+/m1/s1. The van der Waals surface area contributed by atoms with Crippen molar-refractivity contribution in [3.8, 4) is 0 Å². The first-order valence-electron chi connectivity index (χ1n) is 9.94. The van der Waals surface area contributed by atoms with Crippen molar-refractivity contribution < 1.29 is 4.79 Å². The van der Waals surface area contributed by atoms with E-state index in [1.165, 1.54) is 18.5 Å². The predicted octanol–water partition coefficient (Wildman–Crippen LogP) is 2.20. The van der Waals surface area contributed by atoms with Crippen LogP contribution in [-0.2, 0) is 4.79 Å². The molecular weight excluding hydrogens is 348 g/mol. The van der Waals surface area contributed by atoms with Gasteiger partial charge in [-0.05, 0) is 44.0 Å². The van der Waals surface area contributed by atoms with Crippen molar-refractivity contribution in [2.75, 3.05) is 50.7 Å². The fraction of sp³-hybridized carbons (Fsp3) is 0.650. The number of rotatable bonds is 5. The number of carbonyl (C=O) groups excluding carboxylic acids is 1. The number of hydrogen-bond acceptors (Lipinski definition) is 4. The van der Waals surface area contributed by atoms with Crippen LogP contribution in [-0.4, -0.2) is 73.6 Å². The molecule has 4 rings (SSSR count). The minimum atomic E-state index is 0.343. The number of benzene rings is 1. The minimum Gasteiger partial charge on any atom is -0.369 e. The van der Waals surface area contributed by atoms with E-state index in [4.69, 9.17) is 11.6 Å². The Bertz CT molecular complexity index is 632. The summed E-state index contributed by atoms with van der Waals surface area (Å²) in [7, 11) is 0. The number of fused-ring (bicyclic) bond motifs is 2. The van der Waals surface area contributed by atoms with Crippen molar-refractivity contribution >= 4 is 23.2 Å². The summed E-state index contributed by atoms with van der Waals surface area (Å²) < 4.78 is 0.